The first-order valence-corrected chi connectivity index (χ1v) is 7.05. The average Bonchev–Trinajstić information content (AvgIpc) is 2.83. The molecule has 1 N–H and O–H groups in total. The number of carbonyl (C=O) groups is 1. The first-order chi connectivity index (χ1) is 9.02. The van der Waals surface area contributed by atoms with Crippen molar-refractivity contribution >= 4 is 23.4 Å². The van der Waals surface area contributed by atoms with Crippen molar-refractivity contribution in [1.29, 1.82) is 0 Å². The number of aliphatic hydroxyl groups excluding tert-OH is 1. The summed E-state index contributed by atoms with van der Waals surface area (Å²) in [5, 5.41) is 20.4. The Labute approximate surface area is 114 Å². The monoisotopic (exact) mass is 282 g/mol. The number of thioether (sulfide) groups is 1. The molecule has 0 spiro atoms. The van der Waals surface area contributed by atoms with E-state index in [0.717, 1.165) is 4.90 Å². The molecular weight excluding hydrogens is 268 g/mol. The van der Waals surface area contributed by atoms with Crippen LogP contribution in [0.15, 0.2) is 23.1 Å². The highest BCUT2D eigenvalue weighted by Gasteiger charge is 2.29. The van der Waals surface area contributed by atoms with Gasteiger partial charge in [-0.3, -0.25) is 14.9 Å². The molecule has 2 rings (SSSR count). The van der Waals surface area contributed by atoms with Gasteiger partial charge in [-0.15, -0.1) is 11.8 Å². The van der Waals surface area contributed by atoms with Gasteiger partial charge in [0.2, 0.25) is 0 Å². The van der Waals surface area contributed by atoms with Gasteiger partial charge in [-0.05, 0) is 24.8 Å². The predicted molar refractivity (Wildman–Crippen MR) is 71.4 cm³/mol. The Morgan fingerprint density at radius 1 is 1.58 bits per heavy atom. The molecule has 1 saturated heterocycles. The zero-order valence-corrected chi connectivity index (χ0v) is 11.2. The lowest BCUT2D eigenvalue weighted by molar-refractivity contribution is -0.385. The minimum atomic E-state index is -0.552. The van der Waals surface area contributed by atoms with Crippen LogP contribution < -0.4 is 0 Å². The van der Waals surface area contributed by atoms with E-state index in [0.29, 0.717) is 13.0 Å². The van der Waals surface area contributed by atoms with E-state index in [1.54, 1.807) is 6.07 Å². The number of carbonyl (C=O) groups excluding carboxylic acids is 1. The molecule has 0 radical (unpaired) electrons. The molecule has 1 heterocycles. The molecule has 0 bridgehead atoms. The molecule has 19 heavy (non-hydrogen) atoms. The van der Waals surface area contributed by atoms with Gasteiger partial charge < -0.3 is 10.0 Å². The zero-order valence-electron chi connectivity index (χ0n) is 10.4. The zero-order chi connectivity index (χ0) is 14.0. The van der Waals surface area contributed by atoms with Crippen molar-refractivity contribution in [3.63, 3.8) is 0 Å². The summed E-state index contributed by atoms with van der Waals surface area (Å²) in [6.07, 6.45) is 1.82. The number of β-amino-alcohol motifs (C(OH)–C–C–N with tert-alkyl or cyclic N) is 1. The Kier molecular flexibility index (Phi) is 4.06. The minimum Gasteiger partial charge on any atom is -0.391 e. The smallest absolute Gasteiger partial charge is 0.282 e. The fourth-order valence-electron chi connectivity index (χ4n) is 2.07. The molecule has 0 aromatic heterocycles. The maximum absolute atomic E-state index is 12.3. The summed E-state index contributed by atoms with van der Waals surface area (Å²) in [4.78, 5) is 25.0. The molecule has 1 aliphatic heterocycles. The van der Waals surface area contributed by atoms with Crippen LogP contribution >= 0.6 is 11.8 Å². The molecule has 6 nitrogen and oxygen atoms in total. The maximum atomic E-state index is 12.3. The lowest BCUT2D eigenvalue weighted by atomic mass is 10.1. The molecule has 0 aliphatic carbocycles. The lowest BCUT2D eigenvalue weighted by Gasteiger charge is -2.15. The molecule has 0 unspecified atom stereocenters. The second kappa shape index (κ2) is 5.58. The van der Waals surface area contributed by atoms with Crippen molar-refractivity contribution in [3.05, 3.63) is 33.9 Å². The van der Waals surface area contributed by atoms with E-state index in [9.17, 15) is 20.0 Å². The first kappa shape index (κ1) is 13.8. The van der Waals surface area contributed by atoms with Gasteiger partial charge in [0.25, 0.3) is 11.6 Å². The van der Waals surface area contributed by atoms with E-state index in [-0.39, 0.29) is 23.7 Å². The Balaban J connectivity index is 2.36. The van der Waals surface area contributed by atoms with E-state index in [2.05, 4.69) is 0 Å². The van der Waals surface area contributed by atoms with E-state index in [1.165, 1.54) is 28.8 Å². The van der Waals surface area contributed by atoms with Crippen LogP contribution in [-0.4, -0.2) is 46.3 Å². The largest absolute Gasteiger partial charge is 0.391 e. The summed E-state index contributed by atoms with van der Waals surface area (Å²) in [6, 6.07) is 4.51. The van der Waals surface area contributed by atoms with Crippen molar-refractivity contribution in [1.82, 2.24) is 4.90 Å². The van der Waals surface area contributed by atoms with Crippen molar-refractivity contribution in [2.24, 2.45) is 0 Å². The number of hydrogen-bond acceptors (Lipinski definition) is 5. The molecule has 1 aliphatic rings. The highest BCUT2D eigenvalue weighted by Crippen LogP contribution is 2.27. The number of amides is 1. The van der Waals surface area contributed by atoms with Crippen LogP contribution in [0, 0.1) is 10.1 Å². The molecule has 102 valence electrons. The first-order valence-electron chi connectivity index (χ1n) is 5.82. The molecule has 7 heteroatoms. The maximum Gasteiger partial charge on any atom is 0.282 e. The van der Waals surface area contributed by atoms with Gasteiger partial charge in [-0.25, -0.2) is 0 Å². The molecular formula is C12H14N2O4S. The highest BCUT2D eigenvalue weighted by molar-refractivity contribution is 7.98. The van der Waals surface area contributed by atoms with Crippen LogP contribution in [0.1, 0.15) is 16.8 Å². The van der Waals surface area contributed by atoms with Crippen LogP contribution in [-0.2, 0) is 0 Å². The summed E-state index contributed by atoms with van der Waals surface area (Å²) in [7, 11) is 0. The number of rotatable bonds is 3. The number of hydrogen-bond donors (Lipinski definition) is 1. The number of benzene rings is 1. The third kappa shape index (κ3) is 2.87. The Morgan fingerprint density at radius 2 is 2.32 bits per heavy atom. The number of aliphatic hydroxyl groups is 1. The van der Waals surface area contributed by atoms with Crippen LogP contribution in [0.25, 0.3) is 0 Å². The van der Waals surface area contributed by atoms with Gasteiger partial charge in [0.05, 0.1) is 11.0 Å². The quantitative estimate of drug-likeness (QED) is 0.516. The van der Waals surface area contributed by atoms with Crippen molar-refractivity contribution < 1.29 is 14.8 Å². The van der Waals surface area contributed by atoms with Crippen LogP contribution in [0.3, 0.4) is 0 Å². The number of nitro benzene ring substituents is 1. The molecule has 1 atom stereocenters. The van der Waals surface area contributed by atoms with E-state index in [1.807, 2.05) is 6.26 Å². The fraction of sp³-hybridized carbons (Fsp3) is 0.417. The molecule has 0 saturated carbocycles. The van der Waals surface area contributed by atoms with Gasteiger partial charge in [0.15, 0.2) is 0 Å². The van der Waals surface area contributed by atoms with Gasteiger partial charge in [-0.1, -0.05) is 0 Å². The van der Waals surface area contributed by atoms with Crippen molar-refractivity contribution in [2.75, 3.05) is 19.3 Å². The van der Waals surface area contributed by atoms with Crippen LogP contribution in [0.4, 0.5) is 5.69 Å². The summed E-state index contributed by atoms with van der Waals surface area (Å²) < 4.78 is 0. The number of likely N-dealkylation sites (tertiary alicyclic amines) is 1. The average molecular weight is 282 g/mol. The Bertz CT molecular complexity index is 520. The summed E-state index contributed by atoms with van der Waals surface area (Å²) in [5.74, 6) is -0.390. The van der Waals surface area contributed by atoms with Crippen molar-refractivity contribution in [2.45, 2.75) is 17.4 Å². The SMILES string of the molecule is CSc1ccc([N+](=O)[O-])c(C(=O)N2CC[C@H](O)C2)c1. The van der Waals surface area contributed by atoms with E-state index >= 15 is 0 Å². The minimum absolute atomic E-state index is 0.0888. The standard InChI is InChI=1S/C12H14N2O4S/c1-19-9-2-3-11(14(17)18)10(6-9)12(16)13-5-4-8(15)7-13/h2-3,6,8,15H,4-5,7H2,1H3/t8-/m0/s1. The third-order valence-electron chi connectivity index (χ3n) is 3.08. The van der Waals surface area contributed by atoms with Gasteiger partial charge in [-0.2, -0.15) is 0 Å². The summed E-state index contributed by atoms with van der Waals surface area (Å²) in [5.41, 5.74) is -0.102. The predicted octanol–water partition coefficient (Wildman–Crippen LogP) is 1.52. The topological polar surface area (TPSA) is 83.7 Å². The lowest BCUT2D eigenvalue weighted by Crippen LogP contribution is -2.30. The van der Waals surface area contributed by atoms with E-state index in [4.69, 9.17) is 0 Å². The summed E-state index contributed by atoms with van der Waals surface area (Å²) >= 11 is 1.42. The van der Waals surface area contributed by atoms with Crippen LogP contribution in [0.2, 0.25) is 0 Å². The van der Waals surface area contributed by atoms with Gasteiger partial charge in [0, 0.05) is 24.1 Å². The number of nitrogens with zero attached hydrogens (tertiary/aromatic N) is 2. The summed E-state index contributed by atoms with van der Waals surface area (Å²) in [6.45, 7) is 0.667. The van der Waals surface area contributed by atoms with Crippen molar-refractivity contribution in [3.8, 4) is 0 Å². The normalized spacial score (nSPS) is 18.6. The number of nitro groups is 1. The molecule has 1 fully saturated rings. The van der Waals surface area contributed by atoms with E-state index < -0.39 is 11.0 Å². The molecule has 1 amide bonds. The second-order valence-corrected chi connectivity index (χ2v) is 5.21. The Morgan fingerprint density at radius 3 is 2.84 bits per heavy atom. The van der Waals surface area contributed by atoms with Crippen LogP contribution in [0.5, 0.6) is 0 Å². The Hall–Kier alpha value is -1.60. The fourth-order valence-corrected chi connectivity index (χ4v) is 2.51. The highest BCUT2D eigenvalue weighted by atomic mass is 32.2. The molecule has 1 aromatic carbocycles. The van der Waals surface area contributed by atoms with Gasteiger partial charge in [0.1, 0.15) is 5.56 Å². The second-order valence-electron chi connectivity index (χ2n) is 4.33. The van der Waals surface area contributed by atoms with Gasteiger partial charge >= 0.3 is 0 Å². The molecule has 1 aromatic rings. The third-order valence-corrected chi connectivity index (χ3v) is 3.81.